The molecule has 5 heteroatoms. The molecule has 0 heterocycles. The highest BCUT2D eigenvalue weighted by Gasteiger charge is 2.18. The molecule has 1 N–H and O–H groups in total. The van der Waals surface area contributed by atoms with Crippen LogP contribution in [0.2, 0.25) is 0 Å². The normalized spacial score (nSPS) is 11.9. The summed E-state index contributed by atoms with van der Waals surface area (Å²) in [6.45, 7) is 6.78. The summed E-state index contributed by atoms with van der Waals surface area (Å²) in [7, 11) is 3.25. The number of amides is 1. The van der Waals surface area contributed by atoms with E-state index in [1.807, 2.05) is 36.4 Å². The van der Waals surface area contributed by atoms with Gasteiger partial charge in [0.15, 0.2) is 0 Å². The van der Waals surface area contributed by atoms with Gasteiger partial charge in [-0.3, -0.25) is 9.69 Å². The SMILES string of the molecule is CCN(CC)[C@H](CNC(=O)CCc1cc(OC)cc(OC)c1)c1ccccc1. The molecule has 1 amide bonds. The molecule has 152 valence electrons. The molecular weight excluding hydrogens is 352 g/mol. The first-order valence-electron chi connectivity index (χ1n) is 9.88. The molecule has 0 fully saturated rings. The van der Waals surface area contributed by atoms with Crippen LogP contribution in [0.25, 0.3) is 0 Å². The Hall–Kier alpha value is -2.53. The highest BCUT2D eigenvalue weighted by Crippen LogP contribution is 2.23. The maximum Gasteiger partial charge on any atom is 0.220 e. The first-order valence-corrected chi connectivity index (χ1v) is 9.88. The molecule has 28 heavy (non-hydrogen) atoms. The van der Waals surface area contributed by atoms with E-state index < -0.39 is 0 Å². The zero-order chi connectivity index (χ0) is 20.4. The van der Waals surface area contributed by atoms with E-state index in [0.29, 0.717) is 19.4 Å². The summed E-state index contributed by atoms with van der Waals surface area (Å²) in [5.41, 5.74) is 2.25. The number of aryl methyl sites for hydroxylation is 1. The smallest absolute Gasteiger partial charge is 0.220 e. The van der Waals surface area contributed by atoms with Gasteiger partial charge >= 0.3 is 0 Å². The standard InChI is InChI=1S/C23H32N2O3/c1-5-25(6-2)22(19-10-8-7-9-11-19)17-24-23(26)13-12-18-14-20(27-3)16-21(15-18)28-4/h7-11,14-16,22H,5-6,12-13,17H2,1-4H3,(H,24,26)/t22-/m1/s1. The monoisotopic (exact) mass is 384 g/mol. The minimum Gasteiger partial charge on any atom is -0.497 e. The molecule has 0 radical (unpaired) electrons. The summed E-state index contributed by atoms with van der Waals surface area (Å²) in [6.07, 6.45) is 1.07. The fourth-order valence-corrected chi connectivity index (χ4v) is 3.36. The van der Waals surface area contributed by atoms with Crippen LogP contribution in [0.4, 0.5) is 0 Å². The topological polar surface area (TPSA) is 50.8 Å². The second kappa shape index (κ2) is 11.3. The minimum atomic E-state index is 0.0508. The van der Waals surface area contributed by atoms with Crippen molar-refractivity contribution in [1.29, 1.82) is 0 Å². The van der Waals surface area contributed by atoms with E-state index in [2.05, 4.69) is 36.2 Å². The molecule has 2 rings (SSSR count). The van der Waals surface area contributed by atoms with Gasteiger partial charge < -0.3 is 14.8 Å². The minimum absolute atomic E-state index is 0.0508. The van der Waals surface area contributed by atoms with E-state index in [0.717, 1.165) is 30.2 Å². The number of ether oxygens (including phenoxy) is 2. The molecule has 0 aliphatic heterocycles. The van der Waals surface area contributed by atoms with Crippen molar-refractivity contribution in [3.05, 3.63) is 59.7 Å². The predicted octanol–water partition coefficient (Wildman–Crippen LogP) is 3.84. The Labute approximate surface area is 168 Å². The second-order valence-electron chi connectivity index (χ2n) is 6.67. The number of likely N-dealkylation sites (N-methyl/N-ethyl adjacent to an activating group) is 1. The van der Waals surface area contributed by atoms with Crippen LogP contribution in [-0.4, -0.2) is 44.7 Å². The third kappa shape index (κ3) is 6.27. The number of carbonyl (C=O) groups is 1. The Morgan fingerprint density at radius 1 is 1.00 bits per heavy atom. The molecule has 0 aliphatic carbocycles. The van der Waals surface area contributed by atoms with Crippen molar-refractivity contribution in [2.45, 2.75) is 32.7 Å². The Balaban J connectivity index is 1.96. The van der Waals surface area contributed by atoms with Gasteiger partial charge in [0, 0.05) is 19.0 Å². The van der Waals surface area contributed by atoms with Crippen LogP contribution in [0.1, 0.15) is 37.4 Å². The van der Waals surface area contributed by atoms with Gasteiger partial charge in [0.25, 0.3) is 0 Å². The number of nitrogens with zero attached hydrogens (tertiary/aromatic N) is 1. The molecule has 0 saturated carbocycles. The Bertz CT molecular complexity index is 708. The highest BCUT2D eigenvalue weighted by atomic mass is 16.5. The van der Waals surface area contributed by atoms with Crippen molar-refractivity contribution in [3.63, 3.8) is 0 Å². The first-order chi connectivity index (χ1) is 13.6. The van der Waals surface area contributed by atoms with Crippen LogP contribution in [-0.2, 0) is 11.2 Å². The van der Waals surface area contributed by atoms with Crippen LogP contribution in [0.5, 0.6) is 11.5 Å². The molecule has 1 atom stereocenters. The van der Waals surface area contributed by atoms with Crippen LogP contribution in [0.3, 0.4) is 0 Å². The number of carbonyl (C=O) groups excluding carboxylic acids is 1. The number of rotatable bonds is 11. The average Bonchev–Trinajstić information content (AvgIpc) is 2.75. The molecule has 0 unspecified atom stereocenters. The zero-order valence-corrected chi connectivity index (χ0v) is 17.4. The molecule has 5 nitrogen and oxygen atoms in total. The third-order valence-electron chi connectivity index (χ3n) is 4.98. The largest absolute Gasteiger partial charge is 0.497 e. The van der Waals surface area contributed by atoms with Crippen molar-refractivity contribution >= 4 is 5.91 Å². The van der Waals surface area contributed by atoms with Gasteiger partial charge in [-0.05, 0) is 42.8 Å². The van der Waals surface area contributed by atoms with Gasteiger partial charge in [-0.15, -0.1) is 0 Å². The molecule has 0 aliphatic rings. The van der Waals surface area contributed by atoms with Crippen molar-refractivity contribution < 1.29 is 14.3 Å². The molecule has 0 saturated heterocycles. The summed E-state index contributed by atoms with van der Waals surface area (Å²) < 4.78 is 10.6. The van der Waals surface area contributed by atoms with Crippen molar-refractivity contribution in [3.8, 4) is 11.5 Å². The lowest BCUT2D eigenvalue weighted by Crippen LogP contribution is -2.38. The van der Waals surface area contributed by atoms with Gasteiger partial charge in [0.1, 0.15) is 11.5 Å². The lowest BCUT2D eigenvalue weighted by atomic mass is 10.0. The molecule has 0 spiro atoms. The zero-order valence-electron chi connectivity index (χ0n) is 17.4. The van der Waals surface area contributed by atoms with Crippen LogP contribution >= 0.6 is 0 Å². The van der Waals surface area contributed by atoms with E-state index in [1.165, 1.54) is 5.56 Å². The lowest BCUT2D eigenvalue weighted by Gasteiger charge is -2.30. The maximum absolute atomic E-state index is 12.5. The van der Waals surface area contributed by atoms with Gasteiger partial charge in [-0.1, -0.05) is 44.2 Å². The number of nitrogens with one attached hydrogen (secondary N) is 1. The van der Waals surface area contributed by atoms with Crippen molar-refractivity contribution in [2.75, 3.05) is 33.9 Å². The second-order valence-corrected chi connectivity index (χ2v) is 6.67. The summed E-state index contributed by atoms with van der Waals surface area (Å²) in [4.78, 5) is 14.8. The summed E-state index contributed by atoms with van der Waals surface area (Å²) in [5, 5.41) is 3.11. The van der Waals surface area contributed by atoms with Crippen molar-refractivity contribution in [2.24, 2.45) is 0 Å². The van der Waals surface area contributed by atoms with Gasteiger partial charge in [-0.25, -0.2) is 0 Å². The Morgan fingerprint density at radius 3 is 2.14 bits per heavy atom. The van der Waals surface area contributed by atoms with E-state index >= 15 is 0 Å². The molecule has 2 aromatic rings. The average molecular weight is 385 g/mol. The number of hydrogen-bond acceptors (Lipinski definition) is 4. The molecular formula is C23H32N2O3. The lowest BCUT2D eigenvalue weighted by molar-refractivity contribution is -0.121. The predicted molar refractivity (Wildman–Crippen MR) is 113 cm³/mol. The van der Waals surface area contributed by atoms with Gasteiger partial charge in [0.05, 0.1) is 20.3 Å². The Morgan fingerprint density at radius 2 is 1.61 bits per heavy atom. The van der Waals surface area contributed by atoms with E-state index in [1.54, 1.807) is 14.2 Å². The van der Waals surface area contributed by atoms with E-state index in [4.69, 9.17) is 9.47 Å². The summed E-state index contributed by atoms with van der Waals surface area (Å²) in [6, 6.07) is 16.2. The van der Waals surface area contributed by atoms with Gasteiger partial charge in [0.2, 0.25) is 5.91 Å². The van der Waals surface area contributed by atoms with Crippen molar-refractivity contribution in [1.82, 2.24) is 10.2 Å². The molecule has 2 aromatic carbocycles. The first kappa shape index (κ1) is 21.8. The number of hydrogen-bond donors (Lipinski definition) is 1. The Kier molecular flexibility index (Phi) is 8.82. The van der Waals surface area contributed by atoms with Gasteiger partial charge in [-0.2, -0.15) is 0 Å². The fraction of sp³-hybridized carbons (Fsp3) is 0.435. The molecule has 0 bridgehead atoms. The maximum atomic E-state index is 12.5. The number of benzene rings is 2. The summed E-state index contributed by atoms with van der Waals surface area (Å²) >= 11 is 0. The van der Waals surface area contributed by atoms with Crippen LogP contribution in [0.15, 0.2) is 48.5 Å². The molecule has 0 aromatic heterocycles. The summed E-state index contributed by atoms with van der Waals surface area (Å²) in [5.74, 6) is 1.52. The highest BCUT2D eigenvalue weighted by molar-refractivity contribution is 5.76. The van der Waals surface area contributed by atoms with E-state index in [9.17, 15) is 4.79 Å². The van der Waals surface area contributed by atoms with E-state index in [-0.39, 0.29) is 11.9 Å². The number of methoxy groups -OCH3 is 2. The quantitative estimate of drug-likeness (QED) is 0.640. The fourth-order valence-electron chi connectivity index (χ4n) is 3.36. The van der Waals surface area contributed by atoms with Crippen LogP contribution < -0.4 is 14.8 Å². The third-order valence-corrected chi connectivity index (χ3v) is 4.98. The van der Waals surface area contributed by atoms with Crippen LogP contribution in [0, 0.1) is 0 Å².